The van der Waals surface area contributed by atoms with Gasteiger partial charge in [-0.3, -0.25) is 4.90 Å². The molecule has 1 aromatic heterocycles. The molecule has 0 saturated carbocycles. The zero-order valence-electron chi connectivity index (χ0n) is 17.0. The van der Waals surface area contributed by atoms with Crippen LogP contribution in [0.1, 0.15) is 18.1 Å². The lowest BCUT2D eigenvalue weighted by molar-refractivity contribution is 0.224. The Hall–Kier alpha value is -3.18. The topological polar surface area (TPSA) is 85.3 Å². The van der Waals surface area contributed by atoms with Gasteiger partial charge in [0, 0.05) is 61.2 Å². The highest BCUT2D eigenvalue weighted by Gasteiger charge is 2.12. The van der Waals surface area contributed by atoms with Gasteiger partial charge >= 0.3 is 0 Å². The van der Waals surface area contributed by atoms with Gasteiger partial charge in [0.1, 0.15) is 6.23 Å². The van der Waals surface area contributed by atoms with Crippen LogP contribution in [0, 0.1) is 12.3 Å². The first-order valence-corrected chi connectivity index (χ1v) is 10.1. The van der Waals surface area contributed by atoms with Crippen LogP contribution < -0.4 is 16.0 Å². The molecule has 0 aliphatic carbocycles. The number of hydrogen-bond acceptors (Lipinski definition) is 7. The smallest absolute Gasteiger partial charge is 0.227 e. The van der Waals surface area contributed by atoms with Crippen molar-refractivity contribution in [1.82, 2.24) is 20.2 Å². The van der Waals surface area contributed by atoms with E-state index in [1.165, 1.54) is 0 Å². The summed E-state index contributed by atoms with van der Waals surface area (Å²) in [5.74, 6) is 3.14. The summed E-state index contributed by atoms with van der Waals surface area (Å²) in [4.78, 5) is 11.5. The molecule has 4 N–H and O–H groups in total. The van der Waals surface area contributed by atoms with Crippen LogP contribution in [0.25, 0.3) is 10.9 Å². The first kappa shape index (κ1) is 20.1. The first-order chi connectivity index (χ1) is 14.6. The van der Waals surface area contributed by atoms with Crippen LogP contribution in [0.5, 0.6) is 0 Å². The highest BCUT2D eigenvalue weighted by atomic mass is 16.3. The van der Waals surface area contributed by atoms with Gasteiger partial charge in [-0.25, -0.2) is 9.97 Å². The fourth-order valence-electron chi connectivity index (χ4n) is 3.62. The quantitative estimate of drug-likeness (QED) is 0.372. The lowest BCUT2D eigenvalue weighted by atomic mass is 10.1. The third-order valence-corrected chi connectivity index (χ3v) is 4.99. The Balaban J connectivity index is 1.59. The second-order valence-corrected chi connectivity index (χ2v) is 7.50. The molecule has 0 amide bonds. The van der Waals surface area contributed by atoms with Crippen molar-refractivity contribution >= 4 is 28.2 Å². The number of nitrogens with one attached hydrogen (secondary N) is 3. The fraction of sp³-hybridized carbons (Fsp3) is 0.304. The van der Waals surface area contributed by atoms with Gasteiger partial charge in [0.2, 0.25) is 5.95 Å². The van der Waals surface area contributed by atoms with E-state index in [4.69, 9.17) is 6.42 Å². The molecule has 4 rings (SSSR count). The predicted octanol–water partition coefficient (Wildman–Crippen LogP) is 2.51. The van der Waals surface area contributed by atoms with Gasteiger partial charge in [0.05, 0.1) is 5.52 Å². The number of aliphatic hydroxyl groups excluding tert-OH is 1. The Bertz CT molecular complexity index is 1070. The SMILES string of the molecule is C#Cc1ccc2nc(Nc3cc(CN4CCNCC4)cc(NC(C)O)c3)ncc2c1. The highest BCUT2D eigenvalue weighted by Crippen LogP contribution is 2.24. The standard InChI is InChI=1S/C23H26N6O/c1-3-17-4-5-22-19(10-17)14-25-23(28-22)27-21-12-18(11-20(13-21)26-16(2)30)15-29-8-6-24-7-9-29/h1,4-5,10-14,16,24,26,30H,6-9,15H2,2H3,(H,25,27,28). The minimum Gasteiger partial charge on any atom is -0.374 e. The maximum absolute atomic E-state index is 9.77. The van der Waals surface area contributed by atoms with Gasteiger partial charge in [0.15, 0.2) is 0 Å². The van der Waals surface area contributed by atoms with Crippen molar-refractivity contribution in [1.29, 1.82) is 0 Å². The number of aliphatic hydroxyl groups is 1. The van der Waals surface area contributed by atoms with Crippen LogP contribution in [-0.2, 0) is 6.54 Å². The lowest BCUT2D eigenvalue weighted by Crippen LogP contribution is -2.42. The van der Waals surface area contributed by atoms with Crippen molar-refractivity contribution in [2.45, 2.75) is 19.7 Å². The van der Waals surface area contributed by atoms with E-state index in [9.17, 15) is 5.11 Å². The minimum atomic E-state index is -0.644. The monoisotopic (exact) mass is 402 g/mol. The molecule has 1 aliphatic rings. The molecule has 1 fully saturated rings. The van der Waals surface area contributed by atoms with Crippen LogP contribution in [0.4, 0.5) is 17.3 Å². The summed E-state index contributed by atoms with van der Waals surface area (Å²) in [6.45, 7) is 6.59. The van der Waals surface area contributed by atoms with Crippen molar-refractivity contribution in [3.05, 3.63) is 53.7 Å². The number of rotatable bonds is 6. The maximum Gasteiger partial charge on any atom is 0.227 e. The van der Waals surface area contributed by atoms with E-state index in [-0.39, 0.29) is 0 Å². The number of nitrogens with zero attached hydrogens (tertiary/aromatic N) is 3. The number of fused-ring (bicyclic) bond motifs is 1. The molecule has 1 atom stereocenters. The van der Waals surface area contributed by atoms with Crippen LogP contribution in [0.2, 0.25) is 0 Å². The zero-order chi connectivity index (χ0) is 20.9. The van der Waals surface area contributed by atoms with Crippen LogP contribution >= 0.6 is 0 Å². The summed E-state index contributed by atoms with van der Waals surface area (Å²) < 4.78 is 0. The summed E-state index contributed by atoms with van der Waals surface area (Å²) >= 11 is 0. The number of anilines is 3. The summed E-state index contributed by atoms with van der Waals surface area (Å²) in [7, 11) is 0. The van der Waals surface area contributed by atoms with E-state index in [1.54, 1.807) is 13.1 Å². The van der Waals surface area contributed by atoms with E-state index < -0.39 is 6.23 Å². The first-order valence-electron chi connectivity index (χ1n) is 10.1. The van der Waals surface area contributed by atoms with Gasteiger partial charge in [-0.1, -0.05) is 5.92 Å². The Kier molecular flexibility index (Phi) is 6.10. The molecular formula is C23H26N6O. The lowest BCUT2D eigenvalue weighted by Gasteiger charge is -2.27. The average Bonchev–Trinajstić information content (AvgIpc) is 2.73. The number of aromatic nitrogens is 2. The molecule has 30 heavy (non-hydrogen) atoms. The van der Waals surface area contributed by atoms with Crippen LogP contribution in [0.15, 0.2) is 42.6 Å². The minimum absolute atomic E-state index is 0.512. The van der Waals surface area contributed by atoms with Crippen molar-refractivity contribution in [3.8, 4) is 12.3 Å². The highest BCUT2D eigenvalue weighted by molar-refractivity contribution is 5.80. The molecule has 3 aromatic rings. The van der Waals surface area contributed by atoms with Gasteiger partial charge in [-0.15, -0.1) is 6.42 Å². The summed E-state index contributed by atoms with van der Waals surface area (Å²) in [5.41, 5.74) is 4.50. The summed E-state index contributed by atoms with van der Waals surface area (Å²) in [6.07, 6.45) is 6.59. The Morgan fingerprint density at radius 2 is 2.00 bits per heavy atom. The van der Waals surface area contributed by atoms with Gasteiger partial charge in [0.25, 0.3) is 0 Å². The fourth-order valence-corrected chi connectivity index (χ4v) is 3.62. The predicted molar refractivity (Wildman–Crippen MR) is 121 cm³/mol. The van der Waals surface area contributed by atoms with Gasteiger partial charge in [-0.05, 0) is 48.9 Å². The number of hydrogen-bond donors (Lipinski definition) is 4. The average molecular weight is 403 g/mol. The third-order valence-electron chi connectivity index (χ3n) is 4.99. The van der Waals surface area contributed by atoms with Crippen LogP contribution in [0.3, 0.4) is 0 Å². The molecule has 1 unspecified atom stereocenters. The van der Waals surface area contributed by atoms with Crippen molar-refractivity contribution < 1.29 is 5.11 Å². The molecule has 7 heteroatoms. The van der Waals surface area contributed by atoms with Crippen molar-refractivity contribution in [2.24, 2.45) is 0 Å². The van der Waals surface area contributed by atoms with E-state index in [0.29, 0.717) is 5.95 Å². The third kappa shape index (κ3) is 5.05. The molecule has 1 aliphatic heterocycles. The Labute approximate surface area is 176 Å². The normalized spacial score (nSPS) is 15.5. The van der Waals surface area contributed by atoms with E-state index in [1.807, 2.05) is 24.3 Å². The zero-order valence-corrected chi connectivity index (χ0v) is 17.0. The molecule has 0 spiro atoms. The van der Waals surface area contributed by atoms with Gasteiger partial charge in [-0.2, -0.15) is 0 Å². The summed E-state index contributed by atoms with van der Waals surface area (Å²) in [5, 5.41) is 20.4. The second kappa shape index (κ2) is 9.09. The van der Waals surface area contributed by atoms with Gasteiger partial charge < -0.3 is 21.1 Å². The number of benzene rings is 2. The Morgan fingerprint density at radius 1 is 1.20 bits per heavy atom. The van der Waals surface area contributed by atoms with Crippen LogP contribution in [-0.4, -0.2) is 52.4 Å². The van der Waals surface area contributed by atoms with Crippen molar-refractivity contribution in [2.75, 3.05) is 36.8 Å². The van der Waals surface area contributed by atoms with E-state index in [2.05, 4.69) is 48.9 Å². The number of piperazine rings is 1. The molecule has 0 bridgehead atoms. The molecule has 0 radical (unpaired) electrons. The Morgan fingerprint density at radius 3 is 2.77 bits per heavy atom. The summed E-state index contributed by atoms with van der Waals surface area (Å²) in [6, 6.07) is 11.8. The molecular weight excluding hydrogens is 376 g/mol. The largest absolute Gasteiger partial charge is 0.374 e. The van der Waals surface area contributed by atoms with E-state index >= 15 is 0 Å². The second-order valence-electron chi connectivity index (χ2n) is 7.50. The molecule has 1 saturated heterocycles. The molecule has 2 heterocycles. The van der Waals surface area contributed by atoms with E-state index in [0.717, 1.165) is 66.1 Å². The maximum atomic E-state index is 9.77. The van der Waals surface area contributed by atoms with Crippen molar-refractivity contribution in [3.63, 3.8) is 0 Å². The number of terminal acetylenes is 1. The molecule has 154 valence electrons. The molecule has 2 aromatic carbocycles. The molecule has 7 nitrogen and oxygen atoms in total.